The number of rotatable bonds is 5. The minimum Gasteiger partial charge on any atom is -0.322 e. The van der Waals surface area contributed by atoms with Gasteiger partial charge >= 0.3 is 6.03 Å². The molecule has 0 bridgehead atoms. The van der Waals surface area contributed by atoms with Crippen molar-refractivity contribution >= 4 is 35.3 Å². The Labute approximate surface area is 188 Å². The van der Waals surface area contributed by atoms with Crippen LogP contribution in [0, 0.1) is 25.5 Å². The summed E-state index contributed by atoms with van der Waals surface area (Å²) < 4.78 is 27.3. The SMILES string of the molecule is Cc1ccc(CN2C(=O)C3SC=CC3N(CC(=O)Nc3cc(F)ccc3F)C2=O)cc1C. The first kappa shape index (κ1) is 22.0. The number of nitrogens with one attached hydrogen (secondary N) is 1. The maximum Gasteiger partial charge on any atom is 0.328 e. The van der Waals surface area contributed by atoms with Gasteiger partial charge in [-0.25, -0.2) is 13.6 Å². The summed E-state index contributed by atoms with van der Waals surface area (Å²) in [4.78, 5) is 41.2. The Bertz CT molecular complexity index is 1140. The summed E-state index contributed by atoms with van der Waals surface area (Å²) in [6, 6.07) is 7.25. The van der Waals surface area contributed by atoms with E-state index >= 15 is 0 Å². The van der Waals surface area contributed by atoms with Gasteiger partial charge in [0.2, 0.25) is 11.8 Å². The number of benzene rings is 2. The number of hydrogen-bond acceptors (Lipinski definition) is 4. The smallest absolute Gasteiger partial charge is 0.322 e. The van der Waals surface area contributed by atoms with Crippen molar-refractivity contribution in [2.45, 2.75) is 31.7 Å². The molecule has 0 saturated carbocycles. The number of thioether (sulfide) groups is 1. The van der Waals surface area contributed by atoms with Gasteiger partial charge in [0.15, 0.2) is 0 Å². The second-order valence-electron chi connectivity index (χ2n) is 7.80. The van der Waals surface area contributed by atoms with Gasteiger partial charge in [0.25, 0.3) is 0 Å². The van der Waals surface area contributed by atoms with Crippen LogP contribution in [0.15, 0.2) is 47.9 Å². The van der Waals surface area contributed by atoms with Gasteiger partial charge in [-0.3, -0.25) is 14.5 Å². The van der Waals surface area contributed by atoms with Gasteiger partial charge < -0.3 is 10.2 Å². The molecule has 2 aromatic rings. The predicted molar refractivity (Wildman–Crippen MR) is 118 cm³/mol. The number of urea groups is 1. The topological polar surface area (TPSA) is 69.7 Å². The minimum absolute atomic E-state index is 0.0825. The van der Waals surface area contributed by atoms with Crippen LogP contribution in [0.3, 0.4) is 0 Å². The van der Waals surface area contributed by atoms with Crippen LogP contribution in [-0.2, 0) is 16.1 Å². The van der Waals surface area contributed by atoms with E-state index in [0.717, 1.165) is 39.8 Å². The van der Waals surface area contributed by atoms with Gasteiger partial charge in [-0.05, 0) is 48.1 Å². The highest BCUT2D eigenvalue weighted by molar-refractivity contribution is 8.03. The monoisotopic (exact) mass is 457 g/mol. The average molecular weight is 458 g/mol. The molecular formula is C23H21F2N3O3S. The van der Waals surface area contributed by atoms with Gasteiger partial charge in [0, 0.05) is 6.07 Å². The lowest BCUT2D eigenvalue weighted by Gasteiger charge is -2.41. The zero-order valence-corrected chi connectivity index (χ0v) is 18.3. The first-order chi connectivity index (χ1) is 15.2. The second-order valence-corrected chi connectivity index (χ2v) is 8.85. The molecule has 2 aliphatic rings. The quantitative estimate of drug-likeness (QED) is 0.738. The number of carbonyl (C=O) groups is 3. The highest BCUT2D eigenvalue weighted by Gasteiger charge is 2.47. The number of hydrogen-bond donors (Lipinski definition) is 1. The third-order valence-electron chi connectivity index (χ3n) is 5.59. The fraction of sp³-hybridized carbons (Fsp3) is 0.261. The summed E-state index contributed by atoms with van der Waals surface area (Å²) >= 11 is 1.29. The van der Waals surface area contributed by atoms with E-state index in [1.165, 1.54) is 16.7 Å². The van der Waals surface area contributed by atoms with Crippen LogP contribution >= 0.6 is 11.8 Å². The van der Waals surface area contributed by atoms with E-state index < -0.39 is 41.4 Å². The predicted octanol–water partition coefficient (Wildman–Crippen LogP) is 3.98. The van der Waals surface area contributed by atoms with E-state index in [4.69, 9.17) is 0 Å². The molecule has 6 nitrogen and oxygen atoms in total. The Morgan fingerprint density at radius 3 is 2.62 bits per heavy atom. The Morgan fingerprint density at radius 1 is 1.09 bits per heavy atom. The zero-order valence-electron chi connectivity index (χ0n) is 17.5. The summed E-state index contributed by atoms with van der Waals surface area (Å²) in [7, 11) is 0. The molecule has 2 aliphatic heterocycles. The van der Waals surface area contributed by atoms with Gasteiger partial charge in [0.1, 0.15) is 23.4 Å². The van der Waals surface area contributed by atoms with E-state index in [-0.39, 0.29) is 18.1 Å². The van der Waals surface area contributed by atoms with E-state index in [9.17, 15) is 23.2 Å². The molecule has 1 saturated heterocycles. The van der Waals surface area contributed by atoms with E-state index in [1.54, 1.807) is 11.5 Å². The van der Waals surface area contributed by atoms with Crippen LogP contribution < -0.4 is 5.32 Å². The molecule has 0 radical (unpaired) electrons. The molecular weight excluding hydrogens is 436 g/mol. The first-order valence-electron chi connectivity index (χ1n) is 10.00. The average Bonchev–Trinajstić information content (AvgIpc) is 3.24. The van der Waals surface area contributed by atoms with Crippen molar-refractivity contribution in [1.82, 2.24) is 9.80 Å². The number of aryl methyl sites for hydroxylation is 2. The summed E-state index contributed by atoms with van der Waals surface area (Å²) in [6.07, 6.45) is 1.70. The molecule has 32 heavy (non-hydrogen) atoms. The van der Waals surface area contributed by atoms with Gasteiger partial charge in [-0.1, -0.05) is 24.3 Å². The third kappa shape index (κ3) is 4.25. The molecule has 0 aromatic heterocycles. The second kappa shape index (κ2) is 8.74. The van der Waals surface area contributed by atoms with Crippen molar-refractivity contribution in [1.29, 1.82) is 0 Å². The maximum absolute atomic E-state index is 13.9. The van der Waals surface area contributed by atoms with Crippen LogP contribution in [0.2, 0.25) is 0 Å². The summed E-state index contributed by atoms with van der Waals surface area (Å²) in [5, 5.41) is 3.48. The summed E-state index contributed by atoms with van der Waals surface area (Å²) in [6.45, 7) is 3.61. The van der Waals surface area contributed by atoms with Gasteiger partial charge in [0.05, 0.1) is 18.3 Å². The number of halogens is 2. The Morgan fingerprint density at radius 2 is 1.88 bits per heavy atom. The molecule has 0 aliphatic carbocycles. The molecule has 2 atom stereocenters. The molecule has 166 valence electrons. The van der Waals surface area contributed by atoms with Crippen molar-refractivity contribution in [2.75, 3.05) is 11.9 Å². The lowest BCUT2D eigenvalue weighted by molar-refractivity contribution is -0.132. The maximum atomic E-state index is 13.9. The molecule has 9 heteroatoms. The molecule has 2 aromatic carbocycles. The van der Waals surface area contributed by atoms with Gasteiger partial charge in [-0.2, -0.15) is 0 Å². The first-order valence-corrected chi connectivity index (χ1v) is 10.9. The highest BCUT2D eigenvalue weighted by atomic mass is 32.2. The fourth-order valence-electron chi connectivity index (χ4n) is 3.73. The van der Waals surface area contributed by atoms with Crippen LogP contribution in [0.1, 0.15) is 16.7 Å². The number of nitrogens with zero attached hydrogens (tertiary/aromatic N) is 2. The number of carbonyl (C=O) groups excluding carboxylic acids is 3. The Kier molecular flexibility index (Phi) is 6.01. The van der Waals surface area contributed by atoms with E-state index in [0.29, 0.717) is 0 Å². The zero-order chi connectivity index (χ0) is 23.0. The molecule has 2 unspecified atom stereocenters. The fourth-order valence-corrected chi connectivity index (χ4v) is 4.80. The summed E-state index contributed by atoms with van der Waals surface area (Å²) in [5.74, 6) is -2.49. The lowest BCUT2D eigenvalue weighted by Crippen LogP contribution is -2.62. The third-order valence-corrected chi connectivity index (χ3v) is 6.67. The normalized spacial score (nSPS) is 20.0. The van der Waals surface area contributed by atoms with E-state index in [2.05, 4.69) is 5.32 Å². The van der Waals surface area contributed by atoms with Gasteiger partial charge in [-0.15, -0.1) is 11.8 Å². The lowest BCUT2D eigenvalue weighted by atomic mass is 10.0. The number of amides is 4. The van der Waals surface area contributed by atoms with Crippen LogP contribution in [0.5, 0.6) is 0 Å². The molecule has 0 spiro atoms. The van der Waals surface area contributed by atoms with Crippen molar-refractivity contribution in [2.24, 2.45) is 0 Å². The summed E-state index contributed by atoms with van der Waals surface area (Å²) in [5.41, 5.74) is 2.64. The number of anilines is 1. The number of fused-ring (bicyclic) bond motifs is 1. The standard InChI is InChI=1S/C23H21F2N3O3S/c1-13-3-4-15(9-14(13)2)11-28-22(30)21-19(7-8-32-21)27(23(28)31)12-20(29)26-18-10-16(24)5-6-17(18)25/h3-10,19,21H,11-12H2,1-2H3,(H,26,29). The van der Waals surface area contributed by atoms with Crippen LogP contribution in [0.4, 0.5) is 19.3 Å². The van der Waals surface area contributed by atoms with Crippen molar-refractivity contribution < 1.29 is 23.2 Å². The van der Waals surface area contributed by atoms with Crippen LogP contribution in [0.25, 0.3) is 0 Å². The van der Waals surface area contributed by atoms with Crippen molar-refractivity contribution in [3.8, 4) is 0 Å². The van der Waals surface area contributed by atoms with Crippen LogP contribution in [-0.4, -0.2) is 45.5 Å². The minimum atomic E-state index is -0.787. The molecule has 4 amide bonds. The Hall–Kier alpha value is -3.20. The molecule has 4 rings (SSSR count). The molecule has 1 N–H and O–H groups in total. The van der Waals surface area contributed by atoms with Crippen molar-refractivity contribution in [3.63, 3.8) is 0 Å². The van der Waals surface area contributed by atoms with Crippen molar-refractivity contribution in [3.05, 3.63) is 76.2 Å². The van der Waals surface area contributed by atoms with E-state index in [1.807, 2.05) is 32.0 Å². The highest BCUT2D eigenvalue weighted by Crippen LogP contribution is 2.35. The number of imide groups is 1. The molecule has 1 fully saturated rings. The molecule has 2 heterocycles. The Balaban J connectivity index is 1.55. The largest absolute Gasteiger partial charge is 0.328 e.